The van der Waals surface area contributed by atoms with E-state index in [1.165, 1.54) is 6.92 Å². The van der Waals surface area contributed by atoms with Gasteiger partial charge in [-0.3, -0.25) is 4.79 Å². The number of nitrogens with zero attached hydrogens (tertiary/aromatic N) is 2. The number of ether oxygens (including phenoxy) is 1. The van der Waals surface area contributed by atoms with Crippen LogP contribution in [0.1, 0.15) is 40.0 Å². The van der Waals surface area contributed by atoms with Crippen molar-refractivity contribution in [3.05, 3.63) is 11.6 Å². The summed E-state index contributed by atoms with van der Waals surface area (Å²) in [6.45, 7) is 5.20. The van der Waals surface area contributed by atoms with E-state index in [4.69, 9.17) is 12.6 Å². The van der Waals surface area contributed by atoms with Crippen molar-refractivity contribution in [1.29, 1.82) is 10.5 Å². The van der Waals surface area contributed by atoms with Crippen molar-refractivity contribution in [2.45, 2.75) is 45.3 Å². The molecule has 22 heavy (non-hydrogen) atoms. The Hall–Kier alpha value is -2.19. The van der Waals surface area contributed by atoms with Crippen LogP contribution >= 0.6 is 0 Å². The Kier molecular flexibility index (Phi) is 5.84. The van der Waals surface area contributed by atoms with E-state index >= 15 is 0 Å². The molecule has 0 aromatic carbocycles. The molecule has 5 heteroatoms. The summed E-state index contributed by atoms with van der Waals surface area (Å²) < 4.78 is 4.71. The number of nitriles is 2. The molecule has 0 amide bonds. The summed E-state index contributed by atoms with van der Waals surface area (Å²) in [6.07, 6.45) is 3.49. The van der Waals surface area contributed by atoms with Gasteiger partial charge in [0.1, 0.15) is 0 Å². The summed E-state index contributed by atoms with van der Waals surface area (Å²) in [6, 6.07) is 4.17. The molecule has 0 heterocycles. The molecular formula is C17H19BN2O2. The third kappa shape index (κ3) is 4.16. The number of hydrogen-bond donors (Lipinski definition) is 0. The Morgan fingerprint density at radius 1 is 1.50 bits per heavy atom. The van der Waals surface area contributed by atoms with Gasteiger partial charge in [0.15, 0.2) is 12.0 Å². The van der Waals surface area contributed by atoms with Crippen LogP contribution in [0, 0.1) is 45.8 Å². The average molecular weight is 294 g/mol. The fraction of sp³-hybridized carbons (Fsp3) is 0.588. The van der Waals surface area contributed by atoms with E-state index in [0.29, 0.717) is 11.5 Å². The number of rotatable bonds is 3. The molecule has 0 saturated carbocycles. The quantitative estimate of drug-likeness (QED) is 0.347. The van der Waals surface area contributed by atoms with Crippen molar-refractivity contribution >= 4 is 13.8 Å². The molecule has 0 spiro atoms. The zero-order valence-corrected chi connectivity index (χ0v) is 13.3. The Bertz CT molecular complexity index is 597. The second kappa shape index (κ2) is 7.19. The van der Waals surface area contributed by atoms with Gasteiger partial charge in [-0.25, -0.2) is 0 Å². The summed E-state index contributed by atoms with van der Waals surface area (Å²) in [5, 5.41) is 18.4. The Balaban J connectivity index is 3.00. The lowest BCUT2D eigenvalue weighted by Gasteiger charge is -2.40. The minimum absolute atomic E-state index is 0.0434. The maximum absolute atomic E-state index is 10.7. The summed E-state index contributed by atoms with van der Waals surface area (Å²) in [5.74, 6) is 5.42. The second-order valence-electron chi connectivity index (χ2n) is 6.02. The molecule has 4 nitrogen and oxygen atoms in total. The van der Waals surface area contributed by atoms with E-state index in [1.807, 2.05) is 13.0 Å². The number of allylic oxidation sites excluding steroid dienone is 2. The smallest absolute Gasteiger partial charge is 0.303 e. The van der Waals surface area contributed by atoms with Gasteiger partial charge in [-0.2, -0.15) is 10.5 Å². The molecular weight excluding hydrogens is 275 g/mol. The van der Waals surface area contributed by atoms with Crippen molar-refractivity contribution in [2.24, 2.45) is 11.3 Å². The zero-order chi connectivity index (χ0) is 16.8. The number of hydrogen-bond acceptors (Lipinski definition) is 4. The van der Waals surface area contributed by atoms with Crippen LogP contribution in [-0.4, -0.2) is 20.4 Å². The summed E-state index contributed by atoms with van der Waals surface area (Å²) in [5.41, 5.74) is -0.711. The molecule has 0 aromatic rings. The third-order valence-corrected chi connectivity index (χ3v) is 3.78. The van der Waals surface area contributed by atoms with Gasteiger partial charge in [0, 0.05) is 13.3 Å². The molecule has 1 aliphatic carbocycles. The van der Waals surface area contributed by atoms with Crippen LogP contribution in [0.25, 0.3) is 0 Å². The Labute approximate surface area is 133 Å². The van der Waals surface area contributed by atoms with E-state index in [-0.39, 0.29) is 13.0 Å². The van der Waals surface area contributed by atoms with Crippen LogP contribution < -0.4 is 0 Å². The molecule has 0 N–H and O–H groups in total. The number of carbonyl (C=O) groups is 1. The molecule has 112 valence electrons. The van der Waals surface area contributed by atoms with E-state index in [0.717, 1.165) is 12.8 Å². The van der Waals surface area contributed by atoms with Crippen molar-refractivity contribution in [1.82, 2.24) is 0 Å². The zero-order valence-electron chi connectivity index (χ0n) is 13.3. The average Bonchev–Trinajstić information content (AvgIpc) is 2.43. The van der Waals surface area contributed by atoms with E-state index in [1.54, 1.807) is 0 Å². The van der Waals surface area contributed by atoms with Crippen LogP contribution in [0.5, 0.6) is 0 Å². The Morgan fingerprint density at radius 2 is 2.14 bits per heavy atom. The Morgan fingerprint density at radius 3 is 2.64 bits per heavy atom. The molecule has 0 saturated heterocycles. The molecule has 0 fully saturated rings. The molecule has 2 radical (unpaired) electrons. The van der Waals surface area contributed by atoms with Gasteiger partial charge in [0.25, 0.3) is 0 Å². The van der Waals surface area contributed by atoms with Gasteiger partial charge in [0.05, 0.1) is 20.0 Å². The highest BCUT2D eigenvalue weighted by Crippen LogP contribution is 2.51. The van der Waals surface area contributed by atoms with E-state index in [2.05, 4.69) is 30.9 Å². The molecule has 2 unspecified atom stereocenters. The van der Waals surface area contributed by atoms with Gasteiger partial charge in [-0.15, -0.1) is 0 Å². The molecule has 2 atom stereocenters. The summed E-state index contributed by atoms with van der Waals surface area (Å²) in [4.78, 5) is 10.7. The highest BCUT2D eigenvalue weighted by molar-refractivity contribution is 6.17. The first-order chi connectivity index (χ1) is 10.3. The van der Waals surface area contributed by atoms with Crippen molar-refractivity contribution in [2.75, 3.05) is 6.61 Å². The first-order valence-corrected chi connectivity index (χ1v) is 7.19. The fourth-order valence-electron chi connectivity index (χ4n) is 2.83. The largest absolute Gasteiger partial charge is 0.453 e. The first kappa shape index (κ1) is 17.9. The first-order valence-electron chi connectivity index (χ1n) is 7.19. The maximum atomic E-state index is 10.7. The van der Waals surface area contributed by atoms with Crippen LogP contribution in [0.3, 0.4) is 0 Å². The van der Waals surface area contributed by atoms with Crippen molar-refractivity contribution in [3.63, 3.8) is 0 Å². The van der Waals surface area contributed by atoms with Gasteiger partial charge in [-0.1, -0.05) is 31.8 Å². The van der Waals surface area contributed by atoms with Crippen molar-refractivity contribution < 1.29 is 9.53 Å². The summed E-state index contributed by atoms with van der Waals surface area (Å²) in [7, 11) is 6.33. The minimum atomic E-state index is -1.35. The second-order valence-corrected chi connectivity index (χ2v) is 6.02. The highest BCUT2D eigenvalue weighted by Gasteiger charge is 2.43. The molecule has 1 aliphatic rings. The third-order valence-electron chi connectivity index (χ3n) is 3.78. The van der Waals surface area contributed by atoms with Crippen molar-refractivity contribution in [3.8, 4) is 24.0 Å². The van der Waals surface area contributed by atoms with Gasteiger partial charge >= 0.3 is 5.97 Å². The summed E-state index contributed by atoms with van der Waals surface area (Å²) >= 11 is 0. The van der Waals surface area contributed by atoms with Crippen LogP contribution in [0.4, 0.5) is 0 Å². The highest BCUT2D eigenvalue weighted by atomic mass is 16.5. The fourth-order valence-corrected chi connectivity index (χ4v) is 2.83. The minimum Gasteiger partial charge on any atom is -0.453 e. The number of carbonyl (C=O) groups excluding carboxylic acids is 1. The van der Waals surface area contributed by atoms with Crippen LogP contribution in [0.2, 0.25) is 5.31 Å². The lowest BCUT2D eigenvalue weighted by atomic mass is 9.52. The number of esters is 1. The molecule has 0 bridgehead atoms. The van der Waals surface area contributed by atoms with Gasteiger partial charge in [0.2, 0.25) is 0 Å². The van der Waals surface area contributed by atoms with E-state index in [9.17, 15) is 15.3 Å². The predicted molar refractivity (Wildman–Crippen MR) is 83.3 cm³/mol. The monoisotopic (exact) mass is 294 g/mol. The van der Waals surface area contributed by atoms with Gasteiger partial charge < -0.3 is 4.74 Å². The molecule has 0 aromatic heterocycles. The van der Waals surface area contributed by atoms with Crippen LogP contribution in [-0.2, 0) is 9.53 Å². The lowest BCUT2D eigenvalue weighted by molar-refractivity contribution is -0.139. The maximum Gasteiger partial charge on any atom is 0.303 e. The van der Waals surface area contributed by atoms with Gasteiger partial charge in [-0.05, 0) is 29.6 Å². The van der Waals surface area contributed by atoms with E-state index < -0.39 is 16.7 Å². The lowest BCUT2D eigenvalue weighted by Crippen LogP contribution is -2.31. The molecule has 1 rings (SSSR count). The molecule has 0 aliphatic heterocycles. The normalized spacial score (nSPS) is 24.0. The van der Waals surface area contributed by atoms with Crippen LogP contribution in [0.15, 0.2) is 11.6 Å². The predicted octanol–water partition coefficient (Wildman–Crippen LogP) is 2.68. The standard InChI is InChI=1S/C17H19BN2O2/c1-13-6-7-15(16(3,18)10-13)17(11-19,12-20)8-4-5-9-22-14(2)21/h7,13H,6,8-10H2,1-3H3. The SMILES string of the molecule is [B]C1(C)CC(C)CC=C1C(C#N)(C#N)CC#CCOC(C)=O. The topological polar surface area (TPSA) is 73.9 Å².